The Morgan fingerprint density at radius 3 is 3.00 bits per heavy atom. The number of pyridine rings is 1. The van der Waals surface area contributed by atoms with Crippen LogP contribution in [0.5, 0.6) is 5.75 Å². The molecule has 2 unspecified atom stereocenters. The van der Waals surface area contributed by atoms with Crippen molar-refractivity contribution in [2.24, 2.45) is 0 Å². The number of nitrogens with zero attached hydrogens (tertiary/aromatic N) is 4. The summed E-state index contributed by atoms with van der Waals surface area (Å²) >= 11 is 0. The topological polar surface area (TPSA) is 79.1 Å². The first kappa shape index (κ1) is 18.4. The summed E-state index contributed by atoms with van der Waals surface area (Å²) < 4.78 is 25.8. The third-order valence-corrected chi connectivity index (χ3v) is 8.75. The second-order valence-corrected chi connectivity index (χ2v) is 10.5. The molecule has 3 aliphatic heterocycles. The summed E-state index contributed by atoms with van der Waals surface area (Å²) in [6.07, 6.45) is 4.53. The van der Waals surface area contributed by atoms with E-state index in [4.69, 9.17) is 14.5 Å². The van der Waals surface area contributed by atoms with Crippen LogP contribution >= 0.6 is 0 Å². The van der Waals surface area contributed by atoms with Crippen molar-refractivity contribution in [3.63, 3.8) is 0 Å². The van der Waals surface area contributed by atoms with Crippen LogP contribution in [-0.4, -0.2) is 41.8 Å². The minimum Gasteiger partial charge on any atom is -0.484 e. The minimum absolute atomic E-state index is 0.0892. The smallest absolute Gasteiger partial charge is 0.141 e. The summed E-state index contributed by atoms with van der Waals surface area (Å²) in [5, 5.41) is 10.2. The Balaban J connectivity index is 1.27. The Hall–Kier alpha value is -2.32. The fourth-order valence-electron chi connectivity index (χ4n) is 5.07. The fraction of sp³-hybridized carbons (Fsp3) is 0.500. The monoisotopic (exact) mass is 424 g/mol. The zero-order chi connectivity index (χ0) is 20.5. The van der Waals surface area contributed by atoms with E-state index in [0.717, 1.165) is 53.9 Å². The van der Waals surface area contributed by atoms with E-state index >= 15 is 0 Å². The van der Waals surface area contributed by atoms with Crippen LogP contribution in [0.1, 0.15) is 48.4 Å². The quantitative estimate of drug-likeness (QED) is 0.641. The summed E-state index contributed by atoms with van der Waals surface area (Å²) in [5.41, 5.74) is 5.26. The lowest BCUT2D eigenvalue weighted by atomic mass is 9.79. The van der Waals surface area contributed by atoms with E-state index in [1.807, 2.05) is 36.9 Å². The van der Waals surface area contributed by atoms with Crippen molar-refractivity contribution in [3.05, 3.63) is 46.9 Å². The number of fused-ring (bicyclic) bond motifs is 4. The molecule has 3 fully saturated rings. The van der Waals surface area contributed by atoms with Crippen LogP contribution in [0.4, 0.5) is 0 Å². The van der Waals surface area contributed by atoms with Crippen molar-refractivity contribution in [3.8, 4) is 5.75 Å². The van der Waals surface area contributed by atoms with Gasteiger partial charge in [-0.25, -0.2) is 4.68 Å². The molecule has 5 heterocycles. The number of aromatic nitrogens is 4. The molecule has 0 spiro atoms. The van der Waals surface area contributed by atoms with Crippen molar-refractivity contribution in [1.29, 1.82) is 0 Å². The maximum absolute atomic E-state index is 12.0. The molecule has 8 heteroatoms. The lowest BCUT2D eigenvalue weighted by molar-refractivity contribution is 0.110. The maximum atomic E-state index is 12.0. The lowest BCUT2D eigenvalue weighted by Gasteiger charge is -2.35. The van der Waals surface area contributed by atoms with Crippen LogP contribution in [0.15, 0.2) is 24.4 Å². The molecule has 3 aromatic rings. The Labute approximate surface area is 177 Å². The van der Waals surface area contributed by atoms with Gasteiger partial charge in [0.1, 0.15) is 17.5 Å². The highest BCUT2D eigenvalue weighted by atomic mass is 32.2. The molecule has 4 aliphatic rings. The maximum Gasteiger partial charge on any atom is 0.141 e. The van der Waals surface area contributed by atoms with Gasteiger partial charge in [-0.1, -0.05) is 5.21 Å². The number of rotatable bonds is 4. The van der Waals surface area contributed by atoms with E-state index < -0.39 is 10.8 Å². The average molecular weight is 425 g/mol. The summed E-state index contributed by atoms with van der Waals surface area (Å²) in [4.78, 5) is 4.75. The summed E-state index contributed by atoms with van der Waals surface area (Å²) in [7, 11) is -0.718. The molecule has 0 radical (unpaired) electrons. The minimum atomic E-state index is -0.718. The van der Waals surface area contributed by atoms with Crippen LogP contribution in [-0.2, 0) is 34.1 Å². The van der Waals surface area contributed by atoms with Crippen LogP contribution in [0.25, 0.3) is 10.9 Å². The number of aryl methyl sites for hydroxylation is 1. The summed E-state index contributed by atoms with van der Waals surface area (Å²) in [5.74, 6) is 1.49. The summed E-state index contributed by atoms with van der Waals surface area (Å²) in [6.45, 7) is 5.40. The SMILES string of the molecule is Cc1nc2ccc(OC(C)c3cn(C45CC(C4)S(=O)C5)nn3)cc2c2c1COCC2. The molecule has 7 nitrogen and oxygen atoms in total. The van der Waals surface area contributed by atoms with E-state index in [9.17, 15) is 4.21 Å². The molecular weight excluding hydrogens is 400 g/mol. The molecule has 7 rings (SSSR count). The van der Waals surface area contributed by atoms with Gasteiger partial charge in [-0.05, 0) is 56.9 Å². The third-order valence-electron chi connectivity index (χ3n) is 6.85. The number of hydrogen-bond acceptors (Lipinski definition) is 6. The van der Waals surface area contributed by atoms with Crippen molar-refractivity contribution < 1.29 is 13.7 Å². The van der Waals surface area contributed by atoms with Crippen LogP contribution in [0.3, 0.4) is 0 Å². The van der Waals surface area contributed by atoms with Crippen molar-refractivity contribution in [1.82, 2.24) is 20.0 Å². The fourth-order valence-corrected chi connectivity index (χ4v) is 7.19. The Morgan fingerprint density at radius 1 is 1.33 bits per heavy atom. The molecule has 30 heavy (non-hydrogen) atoms. The molecule has 1 aliphatic carbocycles. The molecule has 1 aromatic carbocycles. The molecule has 0 N–H and O–H groups in total. The highest BCUT2D eigenvalue weighted by molar-refractivity contribution is 7.86. The number of ether oxygens (including phenoxy) is 2. The first-order valence-electron chi connectivity index (χ1n) is 10.5. The standard InChI is InChI=1S/C22H24N4O3S/c1-13-19-11-28-6-5-17(19)18-7-15(3-4-20(18)23-13)29-14(2)21-10-26(25-24-21)22-8-16(9-22)30(27)12-22/h3-4,7,10,14,16H,5-6,8-9,11-12H2,1-2H3. The number of benzene rings is 1. The molecule has 2 aromatic heterocycles. The zero-order valence-electron chi connectivity index (χ0n) is 17.1. The molecule has 0 amide bonds. The van der Waals surface area contributed by atoms with Gasteiger partial charge in [0.25, 0.3) is 0 Å². The second kappa shape index (κ2) is 6.59. The van der Waals surface area contributed by atoms with Crippen molar-refractivity contribution >= 4 is 21.7 Å². The highest BCUT2D eigenvalue weighted by Crippen LogP contribution is 2.49. The van der Waals surface area contributed by atoms with E-state index in [0.29, 0.717) is 17.6 Å². The van der Waals surface area contributed by atoms with Crippen LogP contribution in [0.2, 0.25) is 0 Å². The van der Waals surface area contributed by atoms with E-state index in [1.54, 1.807) is 0 Å². The molecule has 1 saturated carbocycles. The van der Waals surface area contributed by atoms with E-state index in [2.05, 4.69) is 16.4 Å². The van der Waals surface area contributed by atoms with Gasteiger partial charge in [-0.3, -0.25) is 9.19 Å². The zero-order valence-corrected chi connectivity index (χ0v) is 17.9. The van der Waals surface area contributed by atoms with Crippen molar-refractivity contribution in [2.75, 3.05) is 12.4 Å². The Kier molecular flexibility index (Phi) is 4.05. The van der Waals surface area contributed by atoms with E-state index in [-0.39, 0.29) is 11.6 Å². The van der Waals surface area contributed by atoms with Gasteiger partial charge in [-0.2, -0.15) is 0 Å². The van der Waals surface area contributed by atoms with Gasteiger partial charge in [0.15, 0.2) is 0 Å². The first-order valence-corrected chi connectivity index (χ1v) is 11.9. The lowest BCUT2D eigenvalue weighted by Crippen LogP contribution is -2.43. The second-order valence-electron chi connectivity index (χ2n) is 8.76. The Bertz CT molecular complexity index is 1180. The van der Waals surface area contributed by atoms with Gasteiger partial charge < -0.3 is 9.47 Å². The van der Waals surface area contributed by atoms with Gasteiger partial charge >= 0.3 is 0 Å². The highest BCUT2D eigenvalue weighted by Gasteiger charge is 2.57. The van der Waals surface area contributed by atoms with E-state index in [1.165, 1.54) is 11.1 Å². The molecule has 156 valence electrons. The molecular formula is C22H24N4O3S. The van der Waals surface area contributed by atoms with Gasteiger partial charge in [0, 0.05) is 38.4 Å². The van der Waals surface area contributed by atoms with Gasteiger partial charge in [-0.15, -0.1) is 5.10 Å². The number of hydrogen-bond donors (Lipinski definition) is 0. The first-order chi connectivity index (χ1) is 14.5. The summed E-state index contributed by atoms with van der Waals surface area (Å²) in [6, 6.07) is 6.08. The molecule has 2 atom stereocenters. The van der Waals surface area contributed by atoms with Crippen LogP contribution in [0, 0.1) is 6.92 Å². The molecule has 2 saturated heterocycles. The predicted octanol–water partition coefficient (Wildman–Crippen LogP) is 2.97. The average Bonchev–Trinajstić information content (AvgIpc) is 3.41. The van der Waals surface area contributed by atoms with Gasteiger partial charge in [0.05, 0.1) is 30.5 Å². The predicted molar refractivity (Wildman–Crippen MR) is 113 cm³/mol. The Morgan fingerprint density at radius 2 is 2.20 bits per heavy atom. The van der Waals surface area contributed by atoms with Crippen molar-refractivity contribution in [2.45, 2.75) is 56.6 Å². The van der Waals surface area contributed by atoms with Crippen LogP contribution < -0.4 is 4.74 Å². The normalized spacial score (nSPS) is 28.2. The molecule has 2 bridgehead atoms. The van der Waals surface area contributed by atoms with Gasteiger partial charge in [0.2, 0.25) is 0 Å². The third kappa shape index (κ3) is 2.73. The largest absolute Gasteiger partial charge is 0.484 e.